The molecule has 2 aromatic rings. The van der Waals surface area contributed by atoms with Crippen LogP contribution in [0.15, 0.2) is 48.7 Å². The molecule has 3 rings (SSSR count). The summed E-state index contributed by atoms with van der Waals surface area (Å²) in [7, 11) is -3.39. The lowest BCUT2D eigenvalue weighted by Gasteiger charge is -2.36. The van der Waals surface area contributed by atoms with Crippen LogP contribution in [-0.4, -0.2) is 15.0 Å². The first-order chi connectivity index (χ1) is 13.2. The predicted octanol–water partition coefficient (Wildman–Crippen LogP) is 5.49. The van der Waals surface area contributed by atoms with Gasteiger partial charge in [0.1, 0.15) is 5.82 Å². The molecule has 150 valence electrons. The molecule has 0 aliphatic carbocycles. The molecule has 1 atom stereocenters. The van der Waals surface area contributed by atoms with Gasteiger partial charge in [0.15, 0.2) is 9.84 Å². The van der Waals surface area contributed by atoms with Crippen LogP contribution in [0.25, 0.3) is 0 Å². The lowest BCUT2D eigenvalue weighted by molar-refractivity contribution is 0.588. The van der Waals surface area contributed by atoms with Crippen molar-refractivity contribution in [2.24, 2.45) is 0 Å². The van der Waals surface area contributed by atoms with Crippen LogP contribution in [0.2, 0.25) is 0 Å². The van der Waals surface area contributed by atoms with Crippen molar-refractivity contribution in [2.75, 3.05) is 11.4 Å². The van der Waals surface area contributed by atoms with Crippen LogP contribution in [0.5, 0.6) is 0 Å². The Balaban J connectivity index is 1.89. The quantitative estimate of drug-likeness (QED) is 0.643. The average Bonchev–Trinajstić information content (AvgIpc) is 2.60. The second kappa shape index (κ2) is 8.08. The number of sulfone groups is 1. The van der Waals surface area contributed by atoms with Crippen molar-refractivity contribution in [3.8, 4) is 0 Å². The highest BCUT2D eigenvalue weighted by Gasteiger charge is 2.29. The summed E-state index contributed by atoms with van der Waals surface area (Å²) < 4.78 is 40.4. The highest BCUT2D eigenvalue weighted by molar-refractivity contribution is 7.89. The Morgan fingerprint density at radius 1 is 1.14 bits per heavy atom. The Bertz CT molecular complexity index is 980. The summed E-state index contributed by atoms with van der Waals surface area (Å²) in [6.07, 6.45) is 1.64. The zero-order chi connectivity index (χ0) is 20.5. The van der Waals surface area contributed by atoms with E-state index in [2.05, 4.69) is 13.5 Å². The average molecular weight is 402 g/mol. The molecule has 1 aliphatic rings. The van der Waals surface area contributed by atoms with E-state index >= 15 is 4.39 Å². The van der Waals surface area contributed by atoms with Crippen molar-refractivity contribution in [1.29, 1.82) is 0 Å². The Labute approximate surface area is 167 Å². The molecule has 0 saturated carbocycles. The molecule has 0 bridgehead atoms. The third kappa shape index (κ3) is 4.46. The van der Waals surface area contributed by atoms with E-state index in [1.165, 1.54) is 6.07 Å². The standard InChI is InChI=1S/C23H28FNO2S/c1-5-10-25-18(4)11-17(3)21-12-20(13-22(24)23(21)25)15-28(26,27)14-19-8-6-16(2)7-9-19/h6-9,12-13,17H,4-5,10-11,14-15H2,1-3H3. The molecule has 0 amide bonds. The van der Waals surface area contributed by atoms with Crippen LogP contribution < -0.4 is 4.90 Å². The van der Waals surface area contributed by atoms with Crippen molar-refractivity contribution < 1.29 is 12.8 Å². The van der Waals surface area contributed by atoms with E-state index in [0.717, 1.165) is 35.2 Å². The van der Waals surface area contributed by atoms with Gasteiger partial charge in [0, 0.05) is 12.2 Å². The van der Waals surface area contributed by atoms with Gasteiger partial charge >= 0.3 is 0 Å². The third-order valence-corrected chi connectivity index (χ3v) is 6.76. The van der Waals surface area contributed by atoms with E-state index in [0.29, 0.717) is 17.8 Å². The van der Waals surface area contributed by atoms with Crippen LogP contribution in [0.1, 0.15) is 54.9 Å². The van der Waals surface area contributed by atoms with Gasteiger partial charge in [-0.3, -0.25) is 0 Å². The second-order valence-corrected chi connectivity index (χ2v) is 9.92. The molecule has 0 saturated heterocycles. The highest BCUT2D eigenvalue weighted by atomic mass is 32.2. The zero-order valence-electron chi connectivity index (χ0n) is 16.8. The Kier molecular flexibility index (Phi) is 5.94. The largest absolute Gasteiger partial charge is 0.343 e. The summed E-state index contributed by atoms with van der Waals surface area (Å²) in [4.78, 5) is 1.94. The summed E-state index contributed by atoms with van der Waals surface area (Å²) >= 11 is 0. The van der Waals surface area contributed by atoms with Gasteiger partial charge < -0.3 is 4.90 Å². The smallest absolute Gasteiger partial charge is 0.158 e. The van der Waals surface area contributed by atoms with Gasteiger partial charge in [-0.15, -0.1) is 0 Å². The van der Waals surface area contributed by atoms with E-state index < -0.39 is 9.84 Å². The van der Waals surface area contributed by atoms with Gasteiger partial charge in [0.05, 0.1) is 17.2 Å². The lowest BCUT2D eigenvalue weighted by Crippen LogP contribution is -2.30. The van der Waals surface area contributed by atoms with Crippen molar-refractivity contribution in [3.05, 3.63) is 76.7 Å². The van der Waals surface area contributed by atoms with Crippen molar-refractivity contribution in [3.63, 3.8) is 0 Å². The molecule has 0 spiro atoms. The number of benzene rings is 2. The fourth-order valence-electron chi connectivity index (χ4n) is 3.89. The maximum absolute atomic E-state index is 15.0. The molecule has 5 heteroatoms. The first-order valence-electron chi connectivity index (χ1n) is 9.73. The minimum atomic E-state index is -3.39. The van der Waals surface area contributed by atoms with E-state index in [4.69, 9.17) is 0 Å². The van der Waals surface area contributed by atoms with Crippen LogP contribution in [0, 0.1) is 12.7 Å². The number of hydrogen-bond donors (Lipinski definition) is 0. The first-order valence-corrected chi connectivity index (χ1v) is 11.6. The van der Waals surface area contributed by atoms with Gasteiger partial charge in [-0.2, -0.15) is 0 Å². The van der Waals surface area contributed by atoms with Crippen LogP contribution >= 0.6 is 0 Å². The van der Waals surface area contributed by atoms with Crippen molar-refractivity contribution in [2.45, 2.75) is 51.0 Å². The third-order valence-electron chi connectivity index (χ3n) is 5.22. The van der Waals surface area contributed by atoms with Crippen molar-refractivity contribution >= 4 is 15.5 Å². The predicted molar refractivity (Wildman–Crippen MR) is 114 cm³/mol. The number of aryl methyl sites for hydroxylation is 1. The van der Waals surface area contributed by atoms with Gasteiger partial charge in [-0.25, -0.2) is 12.8 Å². The van der Waals surface area contributed by atoms with E-state index in [9.17, 15) is 8.42 Å². The molecule has 0 fully saturated rings. The van der Waals surface area contributed by atoms with Crippen LogP contribution in [0.4, 0.5) is 10.1 Å². The molecule has 1 heterocycles. The van der Waals surface area contributed by atoms with Crippen LogP contribution in [-0.2, 0) is 21.3 Å². The maximum Gasteiger partial charge on any atom is 0.158 e. The number of fused-ring (bicyclic) bond motifs is 1. The fraction of sp³-hybridized carbons (Fsp3) is 0.391. The molecular formula is C23H28FNO2S. The molecular weight excluding hydrogens is 373 g/mol. The van der Waals surface area contributed by atoms with Gasteiger partial charge in [0.25, 0.3) is 0 Å². The molecule has 3 nitrogen and oxygen atoms in total. The monoisotopic (exact) mass is 401 g/mol. The molecule has 0 N–H and O–H groups in total. The Hall–Kier alpha value is -2.14. The lowest BCUT2D eigenvalue weighted by atomic mass is 9.88. The fourth-order valence-corrected chi connectivity index (χ4v) is 5.37. The zero-order valence-corrected chi connectivity index (χ0v) is 17.7. The van der Waals surface area contributed by atoms with Crippen LogP contribution in [0.3, 0.4) is 0 Å². The normalized spacial score (nSPS) is 16.9. The topological polar surface area (TPSA) is 37.4 Å². The summed E-state index contributed by atoms with van der Waals surface area (Å²) in [5.41, 5.74) is 4.71. The minimum Gasteiger partial charge on any atom is -0.343 e. The Morgan fingerprint density at radius 3 is 2.43 bits per heavy atom. The van der Waals surface area contributed by atoms with Gasteiger partial charge in [-0.1, -0.05) is 56.3 Å². The molecule has 1 aliphatic heterocycles. The molecule has 0 aromatic heterocycles. The van der Waals surface area contributed by atoms with Crippen molar-refractivity contribution in [1.82, 2.24) is 0 Å². The molecule has 1 unspecified atom stereocenters. The number of halogens is 1. The highest BCUT2D eigenvalue weighted by Crippen LogP contribution is 2.42. The number of nitrogens with zero attached hydrogens (tertiary/aromatic N) is 1. The number of allylic oxidation sites excluding steroid dienone is 1. The number of anilines is 1. The summed E-state index contributed by atoms with van der Waals surface area (Å²) in [5, 5.41) is 0. The summed E-state index contributed by atoms with van der Waals surface area (Å²) in [6, 6.07) is 10.7. The summed E-state index contributed by atoms with van der Waals surface area (Å²) in [6.45, 7) is 10.9. The van der Waals surface area contributed by atoms with Gasteiger partial charge in [0.2, 0.25) is 0 Å². The SMILES string of the molecule is C=C1CC(C)c2cc(CS(=O)(=O)Cc3ccc(C)cc3)cc(F)c2N1CCC. The van der Waals surface area contributed by atoms with E-state index in [1.54, 1.807) is 0 Å². The molecule has 28 heavy (non-hydrogen) atoms. The van der Waals surface area contributed by atoms with E-state index in [-0.39, 0.29) is 23.2 Å². The number of hydrogen-bond acceptors (Lipinski definition) is 3. The first kappa shape index (κ1) is 20.6. The molecule has 0 radical (unpaired) electrons. The minimum absolute atomic E-state index is 0.0414. The molecule has 2 aromatic carbocycles. The van der Waals surface area contributed by atoms with E-state index in [1.807, 2.05) is 49.1 Å². The van der Waals surface area contributed by atoms with Gasteiger partial charge in [-0.05, 0) is 48.4 Å². The Morgan fingerprint density at radius 2 is 1.79 bits per heavy atom. The number of rotatable bonds is 6. The second-order valence-electron chi connectivity index (χ2n) is 7.86. The summed E-state index contributed by atoms with van der Waals surface area (Å²) in [5.74, 6) is -0.448. The maximum atomic E-state index is 15.0.